The molecule has 2 aromatic heterocycles. The van der Waals surface area contributed by atoms with E-state index in [0.29, 0.717) is 127 Å². The SMILES string of the molecule is CC(C)C(N)C(=O)NCC(=O)O[C@@H]1CC[C@@]2(C)[C@@H](C1)C[C@@H](OC(=O)CNC(=O)C(N)C(C)C)[C@@H]1[C@@H]2C[C@H](OC(=O)CNC(=O)C(N)C(C)C)[C@]2(C)[C@@H]([C@H](C)CCC(=O)NCc3cn(CCCCCn4cc(CNC(=O)CC[C@@H](C)[C@H]5CC[C@H]6[C@@H]7[C@H](OC(=O)CNC(=O)C(N)C(C)C)C[C@@H]8C[C@H](OC(=O)CNC(=O)C(N)C(C)C)CC[C@]8(C)[C@H]7C[C@H](OC(=O)CNC(=O)C(N)C(C)C)[C@]56C)nn4)nn3)CC[C@@H]12. The Hall–Kier alpha value is -9.38. The number of nitrogens with two attached hydrogens (primary N) is 6. The van der Waals surface area contributed by atoms with E-state index >= 15 is 0 Å². The molecule has 0 saturated heterocycles. The molecule has 8 saturated carbocycles. The summed E-state index contributed by atoms with van der Waals surface area (Å²) < 4.78 is 42.2. The first-order valence-corrected chi connectivity index (χ1v) is 52.1. The van der Waals surface area contributed by atoms with Gasteiger partial charge in [-0.05, 0) is 228 Å². The first-order chi connectivity index (χ1) is 66.4. The molecule has 0 bridgehead atoms. The highest BCUT2D eigenvalue weighted by molar-refractivity contribution is 5.89. The number of ether oxygens (including phenoxy) is 6. The summed E-state index contributed by atoms with van der Waals surface area (Å²) in [5.41, 5.74) is 35.7. The number of hydrogen-bond acceptors (Lipinski definition) is 30. The number of aromatic nitrogens is 6. The maximum Gasteiger partial charge on any atom is 0.325 e. The molecule has 6 unspecified atom stereocenters. The molecule has 0 aliphatic heterocycles. The normalized spacial score (nSPS) is 29.9. The Kier molecular flexibility index (Phi) is 40.2. The zero-order chi connectivity index (χ0) is 104. The van der Waals surface area contributed by atoms with E-state index < -0.39 is 192 Å². The molecule has 8 amide bonds. The third-order valence-corrected chi connectivity index (χ3v) is 34.2. The van der Waals surface area contributed by atoms with Gasteiger partial charge in [0.05, 0.1) is 61.7 Å². The third-order valence-electron chi connectivity index (χ3n) is 34.2. The lowest BCUT2D eigenvalue weighted by Gasteiger charge is -2.64. The Morgan fingerprint density at radius 3 is 0.929 bits per heavy atom. The standard InChI is InChI=1S/C101H168N20O20/c1-52(2)86(102)92(130)110-44-78(124)136-64-30-32-98(15)60(36-64)38-72(138-80(126)46-112-94(132)88(104)54(5)6)84-68-26-24-66(100(68,17)74(40-70(84)98)140-82(128)48-114-96(134)90(106)56(9)10)58(13)22-28-76(122)108-42-62-50-120(118-116-62)34-20-19-21-35-121-51-63(117-119-121)43-109-77(123)29-23-59(14)67-25-27-69-85-71(41-75(101(67,69)18)141-83(129)49-115-97(135)91(107)57(11)12)99(16)33-31-65(137-79(125)45-111-93(131)87(103)53(3)4)37-61(99)39-73(85)139-81(127)47-113-95(133)89(105)55(7)8/h50-61,64-75,84-91H,19-49,102-107H2,1-18H3,(H,108,122)(H,109,123)(H,110,130)(H,111,131)(H,112,132)(H,113,133)(H,114,134)(H,115,135)/t58-,59-,60+,61+,64-,65-,66-,67-,68+,69+,70+,71+,72-,73-,74+,75+,84+,85+,86?,87?,88?,89?,90?,91?,98+,99+,100-,101-/m1/s1. The monoisotopic (exact) mass is 1980 g/mol. The lowest BCUT2D eigenvalue weighted by Crippen LogP contribution is -2.64. The fourth-order valence-corrected chi connectivity index (χ4v) is 25.1. The summed E-state index contributed by atoms with van der Waals surface area (Å²) >= 11 is 0. The summed E-state index contributed by atoms with van der Waals surface area (Å²) in [5.74, 6) is -9.82. The van der Waals surface area contributed by atoms with Crippen molar-refractivity contribution in [3.8, 4) is 0 Å². The van der Waals surface area contributed by atoms with Crippen LogP contribution in [-0.4, -0.2) is 225 Å². The van der Waals surface area contributed by atoms with Crippen LogP contribution in [0.25, 0.3) is 0 Å². The molecule has 2 aromatic rings. The van der Waals surface area contributed by atoms with E-state index in [1.54, 1.807) is 9.36 Å². The van der Waals surface area contributed by atoms with Gasteiger partial charge in [0, 0.05) is 48.6 Å². The van der Waals surface area contributed by atoms with Crippen molar-refractivity contribution in [2.24, 2.45) is 163 Å². The molecule has 40 heteroatoms. The summed E-state index contributed by atoms with van der Waals surface area (Å²) in [5, 5.41) is 39.5. The van der Waals surface area contributed by atoms with Crippen molar-refractivity contribution >= 4 is 83.1 Å². The number of amides is 8. The molecule has 0 spiro atoms. The molecule has 8 aliphatic rings. The zero-order valence-electron chi connectivity index (χ0n) is 86.7. The van der Waals surface area contributed by atoms with Crippen LogP contribution in [0.1, 0.15) is 271 Å². The van der Waals surface area contributed by atoms with E-state index in [2.05, 4.69) is 105 Å². The topological polar surface area (TPSA) is 608 Å². The van der Waals surface area contributed by atoms with Gasteiger partial charge >= 0.3 is 35.8 Å². The van der Waals surface area contributed by atoms with Crippen LogP contribution in [0.15, 0.2) is 12.4 Å². The average molecular weight is 1980 g/mol. The lowest BCUT2D eigenvalue weighted by molar-refractivity contribution is -0.226. The molecule has 8 fully saturated rings. The van der Waals surface area contributed by atoms with Crippen molar-refractivity contribution in [2.75, 3.05) is 39.3 Å². The second kappa shape index (κ2) is 49.9. The number of nitrogens with zero attached hydrogens (tertiary/aromatic N) is 6. The minimum atomic E-state index is -0.855. The van der Waals surface area contributed by atoms with E-state index in [-0.39, 0.29) is 157 Å². The second-order valence-electron chi connectivity index (χ2n) is 45.3. The van der Waals surface area contributed by atoms with Crippen LogP contribution >= 0.6 is 0 Å². The molecule has 2 heterocycles. The van der Waals surface area contributed by atoms with Gasteiger partial charge in [0.1, 0.15) is 87.3 Å². The largest absolute Gasteiger partial charge is 0.461 e. The third kappa shape index (κ3) is 28.2. The predicted octanol–water partition coefficient (Wildman–Crippen LogP) is 4.63. The van der Waals surface area contributed by atoms with E-state index in [4.69, 9.17) is 62.8 Å². The van der Waals surface area contributed by atoms with Gasteiger partial charge in [0.2, 0.25) is 47.3 Å². The number of rotatable bonds is 48. The second-order valence-corrected chi connectivity index (χ2v) is 45.3. The van der Waals surface area contributed by atoms with Crippen molar-refractivity contribution in [3.05, 3.63) is 23.8 Å². The summed E-state index contributed by atoms with van der Waals surface area (Å²) in [7, 11) is 0. The van der Waals surface area contributed by atoms with Gasteiger partial charge in [-0.25, -0.2) is 0 Å². The number of carbonyl (C=O) groups is 14. The molecular formula is C101H168N20O20. The lowest BCUT2D eigenvalue weighted by atomic mass is 9.43. The summed E-state index contributed by atoms with van der Waals surface area (Å²) in [4.78, 5) is 190. The highest BCUT2D eigenvalue weighted by Gasteiger charge is 2.70. The molecular weight excluding hydrogens is 1810 g/mol. The number of esters is 6. The minimum absolute atomic E-state index is 0.0736. The molecule has 8 aliphatic carbocycles. The van der Waals surface area contributed by atoms with Crippen LogP contribution in [0.3, 0.4) is 0 Å². The molecule has 10 rings (SSSR count). The van der Waals surface area contributed by atoms with Crippen LogP contribution in [0.2, 0.25) is 0 Å². The van der Waals surface area contributed by atoms with E-state index in [0.717, 1.165) is 19.3 Å². The first-order valence-electron chi connectivity index (χ1n) is 52.1. The fraction of sp³-hybridized carbons (Fsp3) is 0.822. The van der Waals surface area contributed by atoms with E-state index in [1.807, 2.05) is 95.5 Å². The Bertz CT molecular complexity index is 4360. The van der Waals surface area contributed by atoms with Crippen molar-refractivity contribution in [1.82, 2.24) is 72.5 Å². The van der Waals surface area contributed by atoms with Gasteiger partial charge in [-0.15, -0.1) is 10.2 Å². The van der Waals surface area contributed by atoms with Gasteiger partial charge in [0.15, 0.2) is 0 Å². The Morgan fingerprint density at radius 2 is 0.638 bits per heavy atom. The minimum Gasteiger partial charge on any atom is -0.461 e. The fourth-order valence-electron chi connectivity index (χ4n) is 25.1. The number of aryl methyl sites for hydroxylation is 2. The number of carbonyl (C=O) groups excluding carboxylic acids is 14. The zero-order valence-corrected chi connectivity index (χ0v) is 86.7. The molecule has 40 nitrogen and oxygen atoms in total. The van der Waals surface area contributed by atoms with Crippen molar-refractivity contribution in [2.45, 2.75) is 359 Å². The maximum atomic E-state index is 14.3. The average Bonchev–Trinajstić information content (AvgIpc) is 1.62. The highest BCUT2D eigenvalue weighted by atomic mass is 16.6. The van der Waals surface area contributed by atoms with Crippen LogP contribution in [-0.2, 0) is 122 Å². The number of fused-ring (bicyclic) bond motifs is 10. The van der Waals surface area contributed by atoms with E-state index in [9.17, 15) is 67.1 Å². The molecule has 20 N–H and O–H groups in total. The summed E-state index contributed by atoms with van der Waals surface area (Å²) in [6, 6.07) is -5.02. The smallest absolute Gasteiger partial charge is 0.325 e. The van der Waals surface area contributed by atoms with Crippen LogP contribution < -0.4 is 76.9 Å². The van der Waals surface area contributed by atoms with Crippen molar-refractivity contribution < 1.29 is 95.5 Å². The van der Waals surface area contributed by atoms with Crippen LogP contribution in [0.5, 0.6) is 0 Å². The summed E-state index contributed by atoms with van der Waals surface area (Å²) in [6.45, 7) is 33.9. The Labute approximate surface area is 831 Å². The Morgan fingerprint density at radius 1 is 0.355 bits per heavy atom. The maximum absolute atomic E-state index is 14.3. The van der Waals surface area contributed by atoms with E-state index in [1.165, 1.54) is 0 Å². The molecule has 792 valence electrons. The Balaban J connectivity index is 0.721. The van der Waals surface area contributed by atoms with Crippen LogP contribution in [0, 0.1) is 128 Å². The highest BCUT2D eigenvalue weighted by Crippen LogP contribution is 2.72. The number of hydrogen-bond donors (Lipinski definition) is 14. The van der Waals surface area contributed by atoms with Crippen molar-refractivity contribution in [3.63, 3.8) is 0 Å². The molecule has 0 radical (unpaired) electrons. The van der Waals surface area contributed by atoms with Gasteiger partial charge in [-0.2, -0.15) is 0 Å². The molecule has 141 heavy (non-hydrogen) atoms. The molecule has 28 atom stereocenters. The summed E-state index contributed by atoms with van der Waals surface area (Å²) in [6.07, 6.45) is 11.2. The van der Waals surface area contributed by atoms with Gasteiger partial charge < -0.3 is 105 Å². The number of nitrogens with one attached hydrogen (secondary N) is 8. The predicted molar refractivity (Wildman–Crippen MR) is 521 cm³/mol. The first kappa shape index (κ1) is 114. The quantitative estimate of drug-likeness (QED) is 0.0244. The van der Waals surface area contributed by atoms with Crippen molar-refractivity contribution in [1.29, 1.82) is 0 Å². The number of unbranched alkanes of at least 4 members (excludes halogenated alkanes) is 2. The van der Waals surface area contributed by atoms with Gasteiger partial charge in [-0.3, -0.25) is 76.5 Å². The van der Waals surface area contributed by atoms with Gasteiger partial charge in [0.25, 0.3) is 0 Å². The van der Waals surface area contributed by atoms with Gasteiger partial charge in [-0.1, -0.05) is 135 Å². The molecule has 0 aromatic carbocycles. The van der Waals surface area contributed by atoms with Crippen LogP contribution in [0.4, 0.5) is 0 Å².